The van der Waals surface area contributed by atoms with Crippen molar-refractivity contribution in [2.45, 2.75) is 45.7 Å². The maximum Gasteiger partial charge on any atom is 0.364 e. The lowest BCUT2D eigenvalue weighted by Crippen LogP contribution is -2.35. The first-order valence-corrected chi connectivity index (χ1v) is 5.11. The van der Waals surface area contributed by atoms with Crippen LogP contribution in [0.15, 0.2) is 17.4 Å². The fraction of sp³-hybridized carbons (Fsp3) is 0.700. The van der Waals surface area contributed by atoms with Crippen molar-refractivity contribution in [1.29, 1.82) is 0 Å². The molecule has 0 aliphatic heterocycles. The molecule has 0 bridgehead atoms. The fourth-order valence-corrected chi connectivity index (χ4v) is 1.22. The average molecular weight is 210 g/mol. The summed E-state index contributed by atoms with van der Waals surface area (Å²) in [7, 11) is 0. The van der Waals surface area contributed by atoms with E-state index in [1.54, 1.807) is 0 Å². The Morgan fingerprint density at radius 2 is 2.07 bits per heavy atom. The predicted molar refractivity (Wildman–Crippen MR) is 58.7 cm³/mol. The van der Waals surface area contributed by atoms with E-state index >= 15 is 0 Å². The molecule has 5 heteroatoms. The first kappa shape index (κ1) is 11.7. The molecule has 0 spiro atoms. The van der Waals surface area contributed by atoms with Gasteiger partial charge in [0.1, 0.15) is 0 Å². The Balaban J connectivity index is 2.81. The van der Waals surface area contributed by atoms with E-state index in [1.807, 2.05) is 26.8 Å². The molecule has 0 aromatic carbocycles. The summed E-state index contributed by atoms with van der Waals surface area (Å²) >= 11 is 0. The Morgan fingerprint density at radius 3 is 2.53 bits per heavy atom. The minimum absolute atomic E-state index is 0.147. The third kappa shape index (κ3) is 2.78. The molecular formula is C10H18N4O. The van der Waals surface area contributed by atoms with Crippen LogP contribution >= 0.6 is 0 Å². The maximum absolute atomic E-state index is 11.8. The molecule has 1 aromatic rings. The van der Waals surface area contributed by atoms with Crippen LogP contribution in [0.5, 0.6) is 0 Å². The smallest absolute Gasteiger partial charge is 0.244 e. The summed E-state index contributed by atoms with van der Waals surface area (Å²) in [5.41, 5.74) is -0.458. The molecule has 1 rings (SSSR count). The normalized spacial score (nSPS) is 11.7. The highest BCUT2D eigenvalue weighted by molar-refractivity contribution is 4.72. The van der Waals surface area contributed by atoms with E-state index < -0.39 is 0 Å². The highest BCUT2D eigenvalue weighted by Crippen LogP contribution is 2.07. The van der Waals surface area contributed by atoms with Gasteiger partial charge in [0.2, 0.25) is 0 Å². The molecule has 0 radical (unpaired) electrons. The van der Waals surface area contributed by atoms with Gasteiger partial charge in [-0.15, -0.1) is 6.58 Å². The van der Waals surface area contributed by atoms with Gasteiger partial charge in [-0.2, -0.15) is 9.36 Å². The Bertz CT molecular complexity index is 383. The average Bonchev–Trinajstić information content (AvgIpc) is 2.47. The fourth-order valence-electron chi connectivity index (χ4n) is 1.22. The van der Waals surface area contributed by atoms with Crippen LogP contribution in [0, 0.1) is 0 Å². The number of rotatable bonds is 4. The van der Waals surface area contributed by atoms with Crippen LogP contribution in [-0.4, -0.2) is 19.8 Å². The SMILES string of the molecule is C=CCCCn1nnn(C(C)(C)C)c1=O. The van der Waals surface area contributed by atoms with Crippen LogP contribution in [0.25, 0.3) is 0 Å². The molecule has 0 amide bonds. The van der Waals surface area contributed by atoms with Gasteiger partial charge in [0.25, 0.3) is 0 Å². The van der Waals surface area contributed by atoms with Crippen molar-refractivity contribution in [3.8, 4) is 0 Å². The first-order chi connectivity index (χ1) is 6.96. The molecule has 0 aliphatic carbocycles. The molecule has 0 N–H and O–H groups in total. The molecule has 15 heavy (non-hydrogen) atoms. The Hall–Kier alpha value is -1.39. The van der Waals surface area contributed by atoms with E-state index in [2.05, 4.69) is 17.0 Å². The predicted octanol–water partition coefficient (Wildman–Crippen LogP) is 1.16. The van der Waals surface area contributed by atoms with Gasteiger partial charge in [0, 0.05) is 6.54 Å². The Labute approximate surface area is 89.4 Å². The van der Waals surface area contributed by atoms with E-state index in [9.17, 15) is 4.79 Å². The van der Waals surface area contributed by atoms with Gasteiger partial charge in [0.15, 0.2) is 0 Å². The van der Waals surface area contributed by atoms with Crippen LogP contribution < -0.4 is 5.69 Å². The van der Waals surface area contributed by atoms with Gasteiger partial charge in [-0.05, 0) is 44.0 Å². The second-order valence-corrected chi connectivity index (χ2v) is 4.50. The van der Waals surface area contributed by atoms with Crippen molar-refractivity contribution >= 4 is 0 Å². The number of unbranched alkanes of at least 4 members (excludes halogenated alkanes) is 1. The highest BCUT2D eigenvalue weighted by atomic mass is 16.2. The molecule has 0 unspecified atom stereocenters. The van der Waals surface area contributed by atoms with Gasteiger partial charge in [-0.25, -0.2) is 4.79 Å². The number of hydrogen-bond acceptors (Lipinski definition) is 3. The second-order valence-electron chi connectivity index (χ2n) is 4.50. The van der Waals surface area contributed by atoms with Crippen LogP contribution in [0.1, 0.15) is 33.6 Å². The molecule has 1 heterocycles. The summed E-state index contributed by atoms with van der Waals surface area (Å²) in [5.74, 6) is 0. The maximum atomic E-state index is 11.8. The van der Waals surface area contributed by atoms with Gasteiger partial charge in [-0.3, -0.25) is 0 Å². The number of tetrazole rings is 1. The van der Waals surface area contributed by atoms with E-state index in [0.29, 0.717) is 6.54 Å². The van der Waals surface area contributed by atoms with Crippen molar-refractivity contribution in [1.82, 2.24) is 19.8 Å². The van der Waals surface area contributed by atoms with Crippen molar-refractivity contribution in [3.05, 3.63) is 23.1 Å². The first-order valence-electron chi connectivity index (χ1n) is 5.11. The van der Waals surface area contributed by atoms with Crippen LogP contribution in [0.3, 0.4) is 0 Å². The molecular weight excluding hydrogens is 192 g/mol. The topological polar surface area (TPSA) is 52.7 Å². The van der Waals surface area contributed by atoms with Crippen LogP contribution in [0.2, 0.25) is 0 Å². The summed E-state index contributed by atoms with van der Waals surface area (Å²) in [4.78, 5) is 11.8. The lowest BCUT2D eigenvalue weighted by molar-refractivity contribution is 0.336. The minimum Gasteiger partial charge on any atom is -0.244 e. The number of hydrogen-bond donors (Lipinski definition) is 0. The molecule has 0 aliphatic rings. The van der Waals surface area contributed by atoms with Crippen molar-refractivity contribution in [3.63, 3.8) is 0 Å². The minimum atomic E-state index is -0.312. The third-order valence-electron chi connectivity index (χ3n) is 2.05. The van der Waals surface area contributed by atoms with Gasteiger partial charge < -0.3 is 0 Å². The second kappa shape index (κ2) is 4.42. The van der Waals surface area contributed by atoms with Crippen LogP contribution in [-0.2, 0) is 12.1 Å². The number of nitrogens with zero attached hydrogens (tertiary/aromatic N) is 4. The Morgan fingerprint density at radius 1 is 1.40 bits per heavy atom. The monoisotopic (exact) mass is 210 g/mol. The lowest BCUT2D eigenvalue weighted by Gasteiger charge is -2.15. The van der Waals surface area contributed by atoms with Gasteiger partial charge in [-0.1, -0.05) is 6.08 Å². The van der Waals surface area contributed by atoms with Gasteiger partial charge in [0.05, 0.1) is 5.54 Å². The van der Waals surface area contributed by atoms with E-state index in [0.717, 1.165) is 12.8 Å². The molecule has 0 saturated heterocycles. The lowest BCUT2D eigenvalue weighted by atomic mass is 10.1. The van der Waals surface area contributed by atoms with E-state index in [1.165, 1.54) is 9.36 Å². The van der Waals surface area contributed by atoms with Crippen molar-refractivity contribution in [2.75, 3.05) is 0 Å². The largest absolute Gasteiger partial charge is 0.364 e. The molecule has 1 aromatic heterocycles. The molecule has 0 atom stereocenters. The number of aryl methyl sites for hydroxylation is 1. The molecule has 0 fully saturated rings. The molecule has 5 nitrogen and oxygen atoms in total. The third-order valence-corrected chi connectivity index (χ3v) is 2.05. The standard InChI is InChI=1S/C10H18N4O/c1-5-6-7-8-13-9(15)14(12-11-13)10(2,3)4/h5H,1,6-8H2,2-4H3. The Kier molecular flexibility index (Phi) is 3.44. The summed E-state index contributed by atoms with van der Waals surface area (Å²) in [6.07, 6.45) is 3.58. The van der Waals surface area contributed by atoms with E-state index in [4.69, 9.17) is 0 Å². The zero-order valence-electron chi connectivity index (χ0n) is 9.60. The zero-order chi connectivity index (χ0) is 11.5. The summed E-state index contributed by atoms with van der Waals surface area (Å²) in [6, 6.07) is 0. The quantitative estimate of drug-likeness (QED) is 0.553. The zero-order valence-corrected chi connectivity index (χ0v) is 9.60. The van der Waals surface area contributed by atoms with Crippen molar-refractivity contribution < 1.29 is 0 Å². The summed E-state index contributed by atoms with van der Waals surface area (Å²) in [5, 5.41) is 7.69. The molecule has 84 valence electrons. The summed E-state index contributed by atoms with van der Waals surface area (Å²) in [6.45, 7) is 10.0. The number of aromatic nitrogens is 4. The van der Waals surface area contributed by atoms with Crippen molar-refractivity contribution in [2.24, 2.45) is 0 Å². The van der Waals surface area contributed by atoms with Crippen LogP contribution in [0.4, 0.5) is 0 Å². The van der Waals surface area contributed by atoms with E-state index in [-0.39, 0.29) is 11.2 Å². The molecule has 0 saturated carbocycles. The summed E-state index contributed by atoms with van der Waals surface area (Å²) < 4.78 is 2.80. The van der Waals surface area contributed by atoms with Gasteiger partial charge >= 0.3 is 5.69 Å². The number of allylic oxidation sites excluding steroid dienone is 1. The highest BCUT2D eigenvalue weighted by Gasteiger charge is 2.19.